The predicted molar refractivity (Wildman–Crippen MR) is 78.1 cm³/mol. The van der Waals surface area contributed by atoms with E-state index < -0.39 is 0 Å². The Morgan fingerprint density at radius 3 is 2.58 bits per heavy atom. The molecule has 0 aliphatic rings. The highest BCUT2D eigenvalue weighted by molar-refractivity contribution is 6.31. The van der Waals surface area contributed by atoms with E-state index in [0.29, 0.717) is 17.0 Å². The summed E-state index contributed by atoms with van der Waals surface area (Å²) in [5.74, 6) is -0.250. The van der Waals surface area contributed by atoms with E-state index in [0.717, 1.165) is 5.56 Å². The van der Waals surface area contributed by atoms with Crippen molar-refractivity contribution in [3.8, 4) is 0 Å². The predicted octanol–water partition coefficient (Wildman–Crippen LogP) is 4.29. The molecular weight excluding hydrogens is 261 g/mol. The highest BCUT2D eigenvalue weighted by atomic mass is 35.5. The third kappa shape index (κ3) is 3.34. The lowest BCUT2D eigenvalue weighted by Crippen LogP contribution is -2.19. The summed E-state index contributed by atoms with van der Waals surface area (Å²) in [5.41, 5.74) is 2.89. The third-order valence-electron chi connectivity index (χ3n) is 3.26. The van der Waals surface area contributed by atoms with Crippen LogP contribution >= 0.6 is 11.6 Å². The average molecular weight is 278 g/mol. The third-order valence-corrected chi connectivity index (χ3v) is 3.62. The number of rotatable bonds is 4. The van der Waals surface area contributed by atoms with Gasteiger partial charge in [0.2, 0.25) is 0 Å². The van der Waals surface area contributed by atoms with Crippen LogP contribution < -0.4 is 5.32 Å². The maximum Gasteiger partial charge on any atom is 0.127 e. The standard InChI is InChI=1S/C16H17ClFN/c1-11-5-3-6-12(9-11)16(19-2)10-13-14(17)7-4-8-15(13)18/h3-9,16,19H,10H2,1-2H3. The molecule has 1 nitrogen and oxygen atoms in total. The average Bonchev–Trinajstić information content (AvgIpc) is 2.38. The lowest BCUT2D eigenvalue weighted by molar-refractivity contribution is 0.554. The van der Waals surface area contributed by atoms with E-state index in [1.54, 1.807) is 12.1 Å². The highest BCUT2D eigenvalue weighted by Gasteiger charge is 2.15. The van der Waals surface area contributed by atoms with Crippen LogP contribution in [0.1, 0.15) is 22.7 Å². The summed E-state index contributed by atoms with van der Waals surface area (Å²) in [5, 5.41) is 3.70. The van der Waals surface area contributed by atoms with Crippen molar-refractivity contribution in [3.05, 3.63) is 70.0 Å². The minimum atomic E-state index is -0.250. The molecular formula is C16H17ClFN. The van der Waals surface area contributed by atoms with E-state index in [4.69, 9.17) is 11.6 Å². The maximum atomic E-state index is 13.8. The second kappa shape index (κ2) is 6.18. The maximum absolute atomic E-state index is 13.8. The fourth-order valence-corrected chi connectivity index (χ4v) is 2.45. The fraction of sp³-hybridized carbons (Fsp3) is 0.250. The van der Waals surface area contributed by atoms with Crippen molar-refractivity contribution in [2.75, 3.05) is 7.05 Å². The van der Waals surface area contributed by atoms with Crippen molar-refractivity contribution in [1.82, 2.24) is 5.32 Å². The Kier molecular flexibility index (Phi) is 4.56. The number of aryl methyl sites for hydroxylation is 1. The van der Waals surface area contributed by atoms with Crippen molar-refractivity contribution in [3.63, 3.8) is 0 Å². The van der Waals surface area contributed by atoms with Crippen LogP contribution in [0.4, 0.5) is 4.39 Å². The first kappa shape index (κ1) is 14.0. The molecule has 19 heavy (non-hydrogen) atoms. The van der Waals surface area contributed by atoms with Gasteiger partial charge in [0, 0.05) is 16.6 Å². The molecule has 0 spiro atoms. The Labute approximate surface area is 118 Å². The van der Waals surface area contributed by atoms with Crippen LogP contribution in [-0.4, -0.2) is 7.05 Å². The molecule has 0 saturated carbocycles. The molecule has 3 heteroatoms. The SMILES string of the molecule is CNC(Cc1c(F)cccc1Cl)c1cccc(C)c1. The first-order valence-corrected chi connectivity index (χ1v) is 6.66. The number of likely N-dealkylation sites (N-methyl/N-ethyl adjacent to an activating group) is 1. The second-order valence-corrected chi connectivity index (χ2v) is 5.07. The van der Waals surface area contributed by atoms with Crippen molar-refractivity contribution in [1.29, 1.82) is 0 Å². The van der Waals surface area contributed by atoms with Crippen LogP contribution in [0.15, 0.2) is 42.5 Å². The van der Waals surface area contributed by atoms with E-state index >= 15 is 0 Å². The summed E-state index contributed by atoms with van der Waals surface area (Å²) < 4.78 is 13.8. The molecule has 2 rings (SSSR count). The van der Waals surface area contributed by atoms with Crippen LogP contribution in [0.5, 0.6) is 0 Å². The molecule has 1 N–H and O–H groups in total. The number of hydrogen-bond acceptors (Lipinski definition) is 1. The molecule has 0 fully saturated rings. The van der Waals surface area contributed by atoms with Crippen molar-refractivity contribution < 1.29 is 4.39 Å². The van der Waals surface area contributed by atoms with Gasteiger partial charge in [-0.3, -0.25) is 0 Å². The van der Waals surface area contributed by atoms with Gasteiger partial charge in [-0.15, -0.1) is 0 Å². The van der Waals surface area contributed by atoms with Gasteiger partial charge in [0.05, 0.1) is 0 Å². The molecule has 1 unspecified atom stereocenters. The topological polar surface area (TPSA) is 12.0 Å². The highest BCUT2D eigenvalue weighted by Crippen LogP contribution is 2.26. The molecule has 0 amide bonds. The van der Waals surface area contributed by atoms with Gasteiger partial charge in [-0.2, -0.15) is 0 Å². The van der Waals surface area contributed by atoms with E-state index in [2.05, 4.69) is 11.4 Å². The minimum absolute atomic E-state index is 0.0503. The molecule has 0 aliphatic carbocycles. The summed E-state index contributed by atoms with van der Waals surface area (Å²) in [6, 6.07) is 13.1. The molecule has 0 bridgehead atoms. The second-order valence-electron chi connectivity index (χ2n) is 4.66. The molecule has 0 aliphatic heterocycles. The van der Waals surface area contributed by atoms with Gasteiger partial charge in [0.1, 0.15) is 5.82 Å². The van der Waals surface area contributed by atoms with Crippen LogP contribution in [0.25, 0.3) is 0 Å². The number of nitrogens with one attached hydrogen (secondary N) is 1. The summed E-state index contributed by atoms with van der Waals surface area (Å²) >= 11 is 6.08. The smallest absolute Gasteiger partial charge is 0.127 e. The van der Waals surface area contributed by atoms with Crippen LogP contribution in [-0.2, 0) is 6.42 Å². The van der Waals surface area contributed by atoms with Crippen molar-refractivity contribution in [2.45, 2.75) is 19.4 Å². The monoisotopic (exact) mass is 277 g/mol. The first-order chi connectivity index (χ1) is 9.11. The molecule has 0 heterocycles. The number of halogens is 2. The number of hydrogen-bond donors (Lipinski definition) is 1. The molecule has 2 aromatic carbocycles. The van der Waals surface area contributed by atoms with Crippen molar-refractivity contribution in [2.24, 2.45) is 0 Å². The van der Waals surface area contributed by atoms with Gasteiger partial charge in [-0.05, 0) is 38.1 Å². The number of benzene rings is 2. The lowest BCUT2D eigenvalue weighted by Gasteiger charge is -2.18. The van der Waals surface area contributed by atoms with Crippen LogP contribution in [0.2, 0.25) is 5.02 Å². The molecule has 0 aromatic heterocycles. The fourth-order valence-electron chi connectivity index (χ4n) is 2.20. The van der Waals surface area contributed by atoms with Crippen LogP contribution in [0, 0.1) is 12.7 Å². The quantitative estimate of drug-likeness (QED) is 0.879. The Morgan fingerprint density at radius 1 is 1.21 bits per heavy atom. The normalized spacial score (nSPS) is 12.4. The van der Waals surface area contributed by atoms with Gasteiger partial charge in [-0.1, -0.05) is 47.5 Å². The summed E-state index contributed by atoms with van der Waals surface area (Å²) in [6.07, 6.45) is 0.533. The summed E-state index contributed by atoms with van der Waals surface area (Å²) in [7, 11) is 1.88. The zero-order chi connectivity index (χ0) is 13.8. The van der Waals surface area contributed by atoms with E-state index in [-0.39, 0.29) is 11.9 Å². The zero-order valence-corrected chi connectivity index (χ0v) is 11.8. The summed E-state index contributed by atoms with van der Waals surface area (Å²) in [6.45, 7) is 2.05. The Morgan fingerprint density at radius 2 is 1.95 bits per heavy atom. The van der Waals surface area contributed by atoms with E-state index in [9.17, 15) is 4.39 Å². The lowest BCUT2D eigenvalue weighted by atomic mass is 9.97. The molecule has 0 saturated heterocycles. The van der Waals surface area contributed by atoms with Gasteiger partial charge in [0.25, 0.3) is 0 Å². The van der Waals surface area contributed by atoms with Gasteiger partial charge in [0.15, 0.2) is 0 Å². The molecule has 100 valence electrons. The molecule has 0 radical (unpaired) electrons. The van der Waals surface area contributed by atoms with Gasteiger partial charge >= 0.3 is 0 Å². The first-order valence-electron chi connectivity index (χ1n) is 6.28. The van der Waals surface area contributed by atoms with Gasteiger partial charge < -0.3 is 5.32 Å². The summed E-state index contributed by atoms with van der Waals surface area (Å²) in [4.78, 5) is 0. The molecule has 1 atom stereocenters. The van der Waals surface area contributed by atoms with Gasteiger partial charge in [-0.25, -0.2) is 4.39 Å². The van der Waals surface area contributed by atoms with Crippen LogP contribution in [0.3, 0.4) is 0 Å². The van der Waals surface area contributed by atoms with Crippen molar-refractivity contribution >= 4 is 11.6 Å². The van der Waals surface area contributed by atoms with E-state index in [1.165, 1.54) is 11.6 Å². The zero-order valence-electron chi connectivity index (χ0n) is 11.1. The minimum Gasteiger partial charge on any atom is -0.313 e. The Hall–Kier alpha value is -1.38. The largest absolute Gasteiger partial charge is 0.313 e. The van der Waals surface area contributed by atoms with E-state index in [1.807, 2.05) is 32.2 Å². The molecule has 2 aromatic rings. The Balaban J connectivity index is 2.29. The Bertz CT molecular complexity index is 548.